The van der Waals surface area contributed by atoms with Gasteiger partial charge in [0.15, 0.2) is 0 Å². The molecule has 5 nitrogen and oxygen atoms in total. The van der Waals surface area contributed by atoms with Crippen LogP contribution in [0.5, 0.6) is 0 Å². The molecule has 2 heterocycles. The van der Waals surface area contributed by atoms with Gasteiger partial charge in [0.2, 0.25) is 0 Å². The molecule has 32 heavy (non-hydrogen) atoms. The van der Waals surface area contributed by atoms with E-state index in [2.05, 4.69) is 36.2 Å². The number of fused-ring (bicyclic) bond motifs is 1. The Morgan fingerprint density at radius 1 is 1.09 bits per heavy atom. The molecule has 2 fully saturated rings. The van der Waals surface area contributed by atoms with Crippen molar-refractivity contribution in [2.75, 3.05) is 0 Å². The first kappa shape index (κ1) is 20.8. The third-order valence-corrected chi connectivity index (χ3v) is 6.86. The van der Waals surface area contributed by atoms with Gasteiger partial charge in [-0.15, -0.1) is 5.92 Å². The van der Waals surface area contributed by atoms with E-state index in [1.54, 1.807) is 0 Å². The highest BCUT2D eigenvalue weighted by Crippen LogP contribution is 2.39. The summed E-state index contributed by atoms with van der Waals surface area (Å²) in [4.78, 5) is 18.0. The lowest BCUT2D eigenvalue weighted by atomic mass is 9.95. The predicted octanol–water partition coefficient (Wildman–Crippen LogP) is 5.35. The molecule has 5 heteroatoms. The average molecular weight is 427 g/mol. The second kappa shape index (κ2) is 8.78. The van der Waals surface area contributed by atoms with Gasteiger partial charge in [0.05, 0.1) is 23.3 Å². The summed E-state index contributed by atoms with van der Waals surface area (Å²) in [6, 6.07) is 8.35. The zero-order valence-electron chi connectivity index (χ0n) is 18.9. The Kier molecular flexibility index (Phi) is 5.70. The maximum Gasteiger partial charge on any atom is 0.253 e. The Hall–Kier alpha value is -3.13. The summed E-state index contributed by atoms with van der Waals surface area (Å²) in [6.45, 7) is 3.94. The third kappa shape index (κ3) is 4.02. The number of pyridine rings is 1. The molecule has 2 saturated carbocycles. The first-order valence-corrected chi connectivity index (χ1v) is 11.9. The fourth-order valence-electron chi connectivity index (χ4n) is 4.82. The van der Waals surface area contributed by atoms with Gasteiger partial charge in [-0.25, -0.2) is 0 Å². The van der Waals surface area contributed by atoms with Crippen molar-refractivity contribution in [3.8, 4) is 11.8 Å². The zero-order chi connectivity index (χ0) is 22.1. The first-order valence-electron chi connectivity index (χ1n) is 11.9. The average Bonchev–Trinajstić information content (AvgIpc) is 3.58. The van der Waals surface area contributed by atoms with Gasteiger partial charge in [0.25, 0.3) is 5.91 Å². The smallest absolute Gasteiger partial charge is 0.253 e. The summed E-state index contributed by atoms with van der Waals surface area (Å²) in [5.41, 5.74) is 4.68. The van der Waals surface area contributed by atoms with Crippen LogP contribution in [0.15, 0.2) is 36.7 Å². The second-order valence-electron chi connectivity index (χ2n) is 9.16. The van der Waals surface area contributed by atoms with Crippen molar-refractivity contribution in [3.63, 3.8) is 0 Å². The molecule has 3 aromatic rings. The Bertz CT molecular complexity index is 1190. The minimum Gasteiger partial charge on any atom is -0.349 e. The van der Waals surface area contributed by atoms with Gasteiger partial charge in [-0.1, -0.05) is 31.2 Å². The van der Waals surface area contributed by atoms with E-state index >= 15 is 0 Å². The summed E-state index contributed by atoms with van der Waals surface area (Å²) in [5.74, 6) is 6.77. The summed E-state index contributed by atoms with van der Waals surface area (Å²) < 4.78 is 1.96. The number of aromatic nitrogens is 3. The molecule has 0 aliphatic heterocycles. The molecule has 0 saturated heterocycles. The van der Waals surface area contributed by atoms with E-state index in [1.165, 1.54) is 37.8 Å². The Morgan fingerprint density at radius 3 is 2.59 bits per heavy atom. The minimum absolute atomic E-state index is 0.0194. The minimum atomic E-state index is -0.0423. The molecule has 0 bridgehead atoms. The summed E-state index contributed by atoms with van der Waals surface area (Å²) in [5, 5.41) is 8.91. The highest BCUT2D eigenvalue weighted by Gasteiger charge is 2.26. The van der Waals surface area contributed by atoms with E-state index in [9.17, 15) is 4.79 Å². The van der Waals surface area contributed by atoms with Gasteiger partial charge in [0.1, 0.15) is 0 Å². The highest BCUT2D eigenvalue weighted by atomic mass is 16.1. The predicted molar refractivity (Wildman–Crippen MR) is 127 cm³/mol. The van der Waals surface area contributed by atoms with Crippen LogP contribution in [-0.2, 0) is 0 Å². The van der Waals surface area contributed by atoms with Crippen molar-refractivity contribution >= 4 is 16.8 Å². The number of carbonyl (C=O) groups is 1. The second-order valence-corrected chi connectivity index (χ2v) is 9.16. The molecule has 164 valence electrons. The van der Waals surface area contributed by atoms with Crippen molar-refractivity contribution in [2.45, 2.75) is 76.8 Å². The number of rotatable bonds is 5. The maximum atomic E-state index is 13.3. The molecule has 0 radical (unpaired) electrons. The molecule has 2 aromatic heterocycles. The third-order valence-electron chi connectivity index (χ3n) is 6.86. The highest BCUT2D eigenvalue weighted by molar-refractivity contribution is 6.07. The molecule has 1 N–H and O–H groups in total. The normalized spacial score (nSPS) is 17.6. The lowest BCUT2D eigenvalue weighted by Gasteiger charge is -2.23. The van der Waals surface area contributed by atoms with Crippen molar-refractivity contribution in [2.24, 2.45) is 0 Å². The van der Waals surface area contributed by atoms with Crippen LogP contribution in [0.25, 0.3) is 10.9 Å². The standard InChI is InChI=1S/C27H30N4O/c1-3-7-19-12-14-23(27(32)30-22-8-5-4-6-9-22)26-24(19)17-29-31(26)18(2)21-13-15-25(28-16-21)20-10-11-20/h12-18,20,22H,4-6,8-11H2,1-2H3,(H,30,32)/t18-/m0/s1. The van der Waals surface area contributed by atoms with Crippen molar-refractivity contribution in [1.29, 1.82) is 0 Å². The lowest BCUT2D eigenvalue weighted by molar-refractivity contribution is 0.0929. The molecule has 2 aliphatic rings. The lowest BCUT2D eigenvalue weighted by Crippen LogP contribution is -2.36. The van der Waals surface area contributed by atoms with Crippen LogP contribution in [0.4, 0.5) is 0 Å². The molecule has 0 unspecified atom stereocenters. The number of hydrogen-bond donors (Lipinski definition) is 1. The van der Waals surface area contributed by atoms with Gasteiger partial charge in [-0.2, -0.15) is 5.10 Å². The molecular formula is C27H30N4O. The summed E-state index contributed by atoms with van der Waals surface area (Å²) in [6.07, 6.45) is 12.0. The zero-order valence-corrected chi connectivity index (χ0v) is 18.9. The SMILES string of the molecule is CC#Cc1ccc(C(=O)NC2CCCCC2)c2c1cnn2[C@@H](C)c1ccc(C2CC2)nc1. The van der Waals surface area contributed by atoms with Crippen LogP contribution in [-0.4, -0.2) is 26.7 Å². The van der Waals surface area contributed by atoms with E-state index in [-0.39, 0.29) is 18.0 Å². The Labute approximate surface area is 189 Å². The van der Waals surface area contributed by atoms with Crippen LogP contribution >= 0.6 is 0 Å². The topological polar surface area (TPSA) is 59.8 Å². The number of hydrogen-bond acceptors (Lipinski definition) is 3. The molecule has 1 aromatic carbocycles. The largest absolute Gasteiger partial charge is 0.349 e. The van der Waals surface area contributed by atoms with Crippen molar-refractivity contribution in [3.05, 3.63) is 59.0 Å². The first-order chi connectivity index (χ1) is 15.7. The Morgan fingerprint density at radius 2 is 1.91 bits per heavy atom. The van der Waals surface area contributed by atoms with Gasteiger partial charge in [-0.05, 0) is 63.3 Å². The number of carbonyl (C=O) groups excluding carboxylic acids is 1. The number of nitrogens with one attached hydrogen (secondary N) is 1. The fraction of sp³-hybridized carbons (Fsp3) is 0.444. The van der Waals surface area contributed by atoms with E-state index in [0.717, 1.165) is 34.9 Å². The van der Waals surface area contributed by atoms with E-state index in [0.29, 0.717) is 11.5 Å². The Balaban J connectivity index is 1.53. The van der Waals surface area contributed by atoms with Crippen LogP contribution in [0.3, 0.4) is 0 Å². The van der Waals surface area contributed by atoms with Crippen molar-refractivity contribution in [1.82, 2.24) is 20.1 Å². The molecule has 1 atom stereocenters. The number of nitrogens with zero attached hydrogens (tertiary/aromatic N) is 3. The quantitative estimate of drug-likeness (QED) is 0.559. The van der Waals surface area contributed by atoms with Crippen LogP contribution in [0.1, 0.15) is 97.9 Å². The molecule has 0 spiro atoms. The van der Waals surface area contributed by atoms with Gasteiger partial charge >= 0.3 is 0 Å². The molecule has 2 aliphatic carbocycles. The van der Waals surface area contributed by atoms with Crippen LogP contribution in [0.2, 0.25) is 0 Å². The van der Waals surface area contributed by atoms with Gasteiger partial charge in [-0.3, -0.25) is 14.5 Å². The fourth-order valence-corrected chi connectivity index (χ4v) is 4.82. The number of amides is 1. The van der Waals surface area contributed by atoms with E-state index < -0.39 is 0 Å². The molecule has 5 rings (SSSR count). The van der Waals surface area contributed by atoms with Crippen LogP contribution < -0.4 is 5.32 Å². The monoisotopic (exact) mass is 426 g/mol. The van der Waals surface area contributed by atoms with Gasteiger partial charge < -0.3 is 5.32 Å². The molecular weight excluding hydrogens is 396 g/mol. The summed E-state index contributed by atoms with van der Waals surface area (Å²) >= 11 is 0. The van der Waals surface area contributed by atoms with E-state index in [1.807, 2.05) is 36.1 Å². The molecule has 1 amide bonds. The van der Waals surface area contributed by atoms with Crippen LogP contribution in [0, 0.1) is 11.8 Å². The number of benzene rings is 1. The summed E-state index contributed by atoms with van der Waals surface area (Å²) in [7, 11) is 0. The van der Waals surface area contributed by atoms with Gasteiger partial charge in [0, 0.05) is 34.8 Å². The van der Waals surface area contributed by atoms with Crippen molar-refractivity contribution < 1.29 is 4.79 Å². The van der Waals surface area contributed by atoms with E-state index in [4.69, 9.17) is 10.1 Å². The maximum absolute atomic E-state index is 13.3.